The molecule has 0 aliphatic rings. The molecule has 1 aromatic carbocycles. The summed E-state index contributed by atoms with van der Waals surface area (Å²) >= 11 is 10.8. The second-order valence-corrected chi connectivity index (χ2v) is 7.94. The van der Waals surface area contributed by atoms with Gasteiger partial charge in [0.05, 0.1) is 5.69 Å². The van der Waals surface area contributed by atoms with E-state index in [0.717, 1.165) is 27.8 Å². The van der Waals surface area contributed by atoms with Gasteiger partial charge >= 0.3 is 0 Å². The normalized spacial score (nSPS) is 11.0. The van der Waals surface area contributed by atoms with Crippen molar-refractivity contribution in [1.82, 2.24) is 20.2 Å². The molecule has 0 spiro atoms. The van der Waals surface area contributed by atoms with Crippen molar-refractivity contribution < 1.29 is 0 Å². The van der Waals surface area contributed by atoms with Gasteiger partial charge in [-0.1, -0.05) is 23.4 Å². The van der Waals surface area contributed by atoms with Crippen LogP contribution in [0.4, 0.5) is 0 Å². The summed E-state index contributed by atoms with van der Waals surface area (Å²) in [7, 11) is 0. The minimum Gasteiger partial charge on any atom is -0.258 e. The first-order valence-corrected chi connectivity index (χ1v) is 10.2. The maximum Gasteiger partial charge on any atom is 0.209 e. The van der Waals surface area contributed by atoms with Gasteiger partial charge in [0.2, 0.25) is 5.16 Å². The number of nitrogens with one attached hydrogen (secondary N) is 1. The summed E-state index contributed by atoms with van der Waals surface area (Å²) in [5, 5.41) is 16.0. The number of aromatic amines is 1. The number of thiophene rings is 1. The topological polar surface area (TPSA) is 54.5 Å². The molecule has 0 saturated heterocycles. The van der Waals surface area contributed by atoms with Gasteiger partial charge in [0.15, 0.2) is 5.82 Å². The summed E-state index contributed by atoms with van der Waals surface area (Å²) in [6.07, 6.45) is 0. The van der Waals surface area contributed by atoms with Crippen LogP contribution in [-0.4, -0.2) is 20.2 Å². The summed E-state index contributed by atoms with van der Waals surface area (Å²) in [5.41, 5.74) is 3.19. The van der Waals surface area contributed by atoms with E-state index in [9.17, 15) is 0 Å². The van der Waals surface area contributed by atoms with Crippen LogP contribution in [0.3, 0.4) is 0 Å². The molecule has 0 saturated carbocycles. The fourth-order valence-electron chi connectivity index (χ4n) is 2.08. The maximum atomic E-state index is 5.91. The zero-order valence-electron chi connectivity index (χ0n) is 12.3. The monoisotopic (exact) mass is 390 g/mol. The number of thioether (sulfide) groups is 1. The molecule has 0 amide bonds. The minimum atomic E-state index is 0.706. The highest BCUT2D eigenvalue weighted by molar-refractivity contribution is 7.98. The van der Waals surface area contributed by atoms with Gasteiger partial charge in [-0.05, 0) is 35.7 Å². The third-order valence-corrected chi connectivity index (χ3v) is 6.01. The number of aromatic nitrogens is 4. The fourth-order valence-corrected chi connectivity index (χ4v) is 4.53. The lowest BCUT2D eigenvalue weighted by Crippen LogP contribution is -1.83. The second-order valence-electron chi connectivity index (χ2n) is 4.92. The van der Waals surface area contributed by atoms with Crippen LogP contribution < -0.4 is 0 Å². The van der Waals surface area contributed by atoms with Crippen molar-refractivity contribution in [2.75, 3.05) is 0 Å². The molecule has 1 N–H and O–H groups in total. The number of H-pyrrole nitrogens is 1. The molecule has 0 aliphatic heterocycles. The van der Waals surface area contributed by atoms with E-state index in [0.29, 0.717) is 10.2 Å². The minimum absolute atomic E-state index is 0.706. The Morgan fingerprint density at radius 1 is 1.04 bits per heavy atom. The lowest BCUT2D eigenvalue weighted by molar-refractivity contribution is 0.972. The Balaban J connectivity index is 1.42. The quantitative estimate of drug-likeness (QED) is 0.450. The fraction of sp³-hybridized carbons (Fsp3) is 0.0625. The van der Waals surface area contributed by atoms with Gasteiger partial charge in [0.1, 0.15) is 5.01 Å². The van der Waals surface area contributed by atoms with Gasteiger partial charge in [-0.25, -0.2) is 9.97 Å². The molecular weight excluding hydrogens is 380 g/mol. The van der Waals surface area contributed by atoms with E-state index >= 15 is 0 Å². The van der Waals surface area contributed by atoms with Crippen molar-refractivity contribution >= 4 is 46.0 Å². The molecule has 4 aromatic rings. The number of nitrogens with zero attached hydrogens (tertiary/aromatic N) is 3. The third-order valence-electron chi connectivity index (χ3n) is 3.25. The molecular formula is C16H11ClN4S3. The van der Waals surface area contributed by atoms with Gasteiger partial charge in [0.25, 0.3) is 0 Å². The number of halogens is 1. The van der Waals surface area contributed by atoms with Crippen LogP contribution in [0.2, 0.25) is 5.02 Å². The van der Waals surface area contributed by atoms with Gasteiger partial charge in [-0.2, -0.15) is 11.3 Å². The van der Waals surface area contributed by atoms with E-state index in [1.165, 1.54) is 5.56 Å². The van der Waals surface area contributed by atoms with Crippen LogP contribution in [0, 0.1) is 0 Å². The predicted octanol–water partition coefficient (Wildman–Crippen LogP) is 5.60. The van der Waals surface area contributed by atoms with Crippen LogP contribution in [0.5, 0.6) is 0 Å². The zero-order chi connectivity index (χ0) is 16.4. The van der Waals surface area contributed by atoms with Crippen LogP contribution in [0.15, 0.2) is 51.6 Å². The Kier molecular flexibility index (Phi) is 4.66. The Morgan fingerprint density at radius 3 is 2.71 bits per heavy atom. The van der Waals surface area contributed by atoms with Crippen LogP contribution in [0.25, 0.3) is 22.0 Å². The van der Waals surface area contributed by atoms with Crippen molar-refractivity contribution in [3.63, 3.8) is 0 Å². The van der Waals surface area contributed by atoms with E-state index < -0.39 is 0 Å². The van der Waals surface area contributed by atoms with E-state index in [4.69, 9.17) is 11.6 Å². The molecule has 0 radical (unpaired) electrons. The number of hydrogen-bond donors (Lipinski definition) is 1. The predicted molar refractivity (Wildman–Crippen MR) is 102 cm³/mol. The molecule has 3 heterocycles. The standard InChI is InChI=1S/C16H11ClN4S3/c17-12-3-1-10(2-4-12)14-19-16(21-20-14)24-9-13-8-23-15(18-13)11-5-6-22-7-11/h1-8H,9H2,(H,19,20,21). The first-order valence-electron chi connectivity index (χ1n) is 7.06. The molecule has 24 heavy (non-hydrogen) atoms. The number of thiazole rings is 1. The van der Waals surface area contributed by atoms with E-state index in [-0.39, 0.29) is 0 Å². The molecule has 8 heteroatoms. The first-order chi connectivity index (χ1) is 11.8. The summed E-state index contributed by atoms with van der Waals surface area (Å²) in [6.45, 7) is 0. The lowest BCUT2D eigenvalue weighted by Gasteiger charge is -1.95. The summed E-state index contributed by atoms with van der Waals surface area (Å²) in [6, 6.07) is 9.62. The Labute approximate surface area is 156 Å². The van der Waals surface area contributed by atoms with E-state index in [1.807, 2.05) is 24.3 Å². The summed E-state index contributed by atoms with van der Waals surface area (Å²) in [4.78, 5) is 9.18. The molecule has 0 atom stereocenters. The molecule has 4 rings (SSSR count). The van der Waals surface area contributed by atoms with E-state index in [2.05, 4.69) is 42.4 Å². The van der Waals surface area contributed by atoms with Crippen molar-refractivity contribution in [2.45, 2.75) is 10.9 Å². The van der Waals surface area contributed by atoms with E-state index in [1.54, 1.807) is 34.4 Å². The number of rotatable bonds is 5. The van der Waals surface area contributed by atoms with Crippen molar-refractivity contribution in [2.24, 2.45) is 0 Å². The molecule has 120 valence electrons. The zero-order valence-corrected chi connectivity index (χ0v) is 15.5. The van der Waals surface area contributed by atoms with Crippen molar-refractivity contribution in [1.29, 1.82) is 0 Å². The third kappa shape index (κ3) is 3.54. The van der Waals surface area contributed by atoms with Crippen LogP contribution in [-0.2, 0) is 5.75 Å². The molecule has 4 nitrogen and oxygen atoms in total. The smallest absolute Gasteiger partial charge is 0.209 e. The molecule has 0 unspecified atom stereocenters. The molecule has 0 bridgehead atoms. The van der Waals surface area contributed by atoms with Crippen LogP contribution >= 0.6 is 46.0 Å². The Bertz CT molecular complexity index is 929. The molecule has 0 aliphatic carbocycles. The molecule has 0 fully saturated rings. The molecule has 3 aromatic heterocycles. The van der Waals surface area contributed by atoms with Gasteiger partial charge in [0, 0.05) is 32.7 Å². The highest BCUT2D eigenvalue weighted by Crippen LogP contribution is 2.28. The first kappa shape index (κ1) is 15.8. The number of benzene rings is 1. The lowest BCUT2D eigenvalue weighted by atomic mass is 10.2. The average Bonchev–Trinajstić information content (AvgIpc) is 3.34. The SMILES string of the molecule is Clc1ccc(-c2nc(SCc3csc(-c4ccsc4)n3)n[nH]2)cc1. The van der Waals surface area contributed by atoms with Gasteiger partial charge in [-0.15, -0.1) is 16.4 Å². The van der Waals surface area contributed by atoms with Crippen molar-refractivity contribution in [3.8, 4) is 22.0 Å². The average molecular weight is 391 g/mol. The van der Waals surface area contributed by atoms with Gasteiger partial charge in [-0.3, -0.25) is 5.10 Å². The summed E-state index contributed by atoms with van der Waals surface area (Å²) < 4.78 is 0. The highest BCUT2D eigenvalue weighted by Gasteiger charge is 2.09. The number of hydrogen-bond acceptors (Lipinski definition) is 6. The largest absolute Gasteiger partial charge is 0.258 e. The summed E-state index contributed by atoms with van der Waals surface area (Å²) in [5.74, 6) is 1.49. The highest BCUT2D eigenvalue weighted by atomic mass is 35.5. The Hall–Kier alpha value is -1.67. The Morgan fingerprint density at radius 2 is 1.92 bits per heavy atom. The maximum absolute atomic E-state index is 5.91. The second kappa shape index (κ2) is 7.06. The van der Waals surface area contributed by atoms with Crippen LogP contribution in [0.1, 0.15) is 5.69 Å². The van der Waals surface area contributed by atoms with Crippen molar-refractivity contribution in [3.05, 3.63) is 57.2 Å². The van der Waals surface area contributed by atoms with Gasteiger partial charge < -0.3 is 0 Å².